The maximum atomic E-state index is 8.79. The SMILES string of the molecule is CC(O)CC[NH+](C)C.[Cl-]. The Labute approximate surface area is 63.3 Å². The molecule has 0 saturated heterocycles. The molecular weight excluding hydrogens is 138 g/mol. The molecule has 0 aromatic carbocycles. The monoisotopic (exact) mass is 153 g/mol. The second kappa shape index (κ2) is 6.33. The second-order valence-corrected chi connectivity index (χ2v) is 2.59. The summed E-state index contributed by atoms with van der Waals surface area (Å²) in [4.78, 5) is 1.39. The van der Waals surface area contributed by atoms with Crippen molar-refractivity contribution in [2.45, 2.75) is 19.4 Å². The highest BCUT2D eigenvalue weighted by molar-refractivity contribution is 4.41. The lowest BCUT2D eigenvalue weighted by Gasteiger charge is -2.07. The van der Waals surface area contributed by atoms with Gasteiger partial charge in [-0.1, -0.05) is 0 Å². The zero-order valence-corrected chi connectivity index (χ0v) is 7.07. The van der Waals surface area contributed by atoms with Gasteiger partial charge in [0, 0.05) is 6.42 Å². The van der Waals surface area contributed by atoms with E-state index in [1.54, 1.807) is 0 Å². The molecule has 0 aliphatic rings. The maximum Gasteiger partial charge on any atom is 0.0791 e. The van der Waals surface area contributed by atoms with Crippen molar-refractivity contribution in [1.29, 1.82) is 0 Å². The summed E-state index contributed by atoms with van der Waals surface area (Å²) in [5.74, 6) is 0. The summed E-state index contributed by atoms with van der Waals surface area (Å²) in [5.41, 5.74) is 0. The first-order valence-corrected chi connectivity index (χ1v) is 3.10. The Hall–Kier alpha value is 0.210. The standard InChI is InChI=1S/C6H15NO.ClH/c1-6(8)4-5-7(2)3;/h6,8H,4-5H2,1-3H3;1H. The van der Waals surface area contributed by atoms with Crippen molar-refractivity contribution >= 4 is 0 Å². The average Bonchev–Trinajstić information content (AvgIpc) is 1.61. The summed E-state index contributed by atoms with van der Waals surface area (Å²) in [6.07, 6.45) is 0.771. The van der Waals surface area contributed by atoms with Crippen molar-refractivity contribution in [3.05, 3.63) is 0 Å². The van der Waals surface area contributed by atoms with Gasteiger partial charge in [-0.25, -0.2) is 0 Å². The van der Waals surface area contributed by atoms with Crippen LogP contribution >= 0.6 is 0 Å². The van der Waals surface area contributed by atoms with Gasteiger partial charge in [0.25, 0.3) is 0 Å². The van der Waals surface area contributed by atoms with Crippen molar-refractivity contribution in [1.82, 2.24) is 0 Å². The first-order valence-electron chi connectivity index (χ1n) is 3.10. The fourth-order valence-corrected chi connectivity index (χ4v) is 0.498. The lowest BCUT2D eigenvalue weighted by atomic mass is 10.3. The van der Waals surface area contributed by atoms with E-state index in [2.05, 4.69) is 14.1 Å². The molecule has 1 unspecified atom stereocenters. The van der Waals surface area contributed by atoms with Gasteiger partial charge in [-0.3, -0.25) is 0 Å². The highest BCUT2D eigenvalue weighted by Gasteiger charge is 1.97. The smallest absolute Gasteiger partial charge is 0.0791 e. The van der Waals surface area contributed by atoms with E-state index in [0.29, 0.717) is 0 Å². The van der Waals surface area contributed by atoms with E-state index >= 15 is 0 Å². The Morgan fingerprint density at radius 2 is 1.89 bits per heavy atom. The Morgan fingerprint density at radius 1 is 1.44 bits per heavy atom. The van der Waals surface area contributed by atoms with Gasteiger partial charge in [0.2, 0.25) is 0 Å². The largest absolute Gasteiger partial charge is 1.00 e. The van der Waals surface area contributed by atoms with Gasteiger partial charge < -0.3 is 22.4 Å². The van der Waals surface area contributed by atoms with Crippen LogP contribution in [0.5, 0.6) is 0 Å². The molecule has 1 atom stereocenters. The van der Waals surface area contributed by atoms with Crippen LogP contribution in [0.15, 0.2) is 0 Å². The normalized spacial score (nSPS) is 13.0. The number of nitrogens with one attached hydrogen (secondary N) is 1. The number of rotatable bonds is 3. The van der Waals surface area contributed by atoms with Crippen LogP contribution in [0.4, 0.5) is 0 Å². The molecule has 0 rings (SSSR count). The van der Waals surface area contributed by atoms with Gasteiger partial charge in [-0.05, 0) is 6.92 Å². The molecule has 0 bridgehead atoms. The molecule has 0 heterocycles. The van der Waals surface area contributed by atoms with E-state index in [-0.39, 0.29) is 18.5 Å². The number of hydrogen-bond acceptors (Lipinski definition) is 1. The topological polar surface area (TPSA) is 24.7 Å². The van der Waals surface area contributed by atoms with Crippen molar-refractivity contribution in [3.8, 4) is 0 Å². The fraction of sp³-hybridized carbons (Fsp3) is 1.00. The van der Waals surface area contributed by atoms with Crippen LogP contribution in [0.3, 0.4) is 0 Å². The molecule has 0 aromatic heterocycles. The van der Waals surface area contributed by atoms with Crippen LogP contribution in [0.2, 0.25) is 0 Å². The first kappa shape index (κ1) is 11.9. The molecule has 58 valence electrons. The Morgan fingerprint density at radius 3 is 2.00 bits per heavy atom. The molecule has 0 saturated carbocycles. The molecule has 9 heavy (non-hydrogen) atoms. The van der Waals surface area contributed by atoms with E-state index in [9.17, 15) is 0 Å². The van der Waals surface area contributed by atoms with Crippen LogP contribution in [0.25, 0.3) is 0 Å². The molecule has 0 aromatic rings. The van der Waals surface area contributed by atoms with Crippen LogP contribution in [0, 0.1) is 0 Å². The van der Waals surface area contributed by atoms with Crippen molar-refractivity contribution < 1.29 is 22.4 Å². The maximum absolute atomic E-state index is 8.79. The summed E-state index contributed by atoms with van der Waals surface area (Å²) < 4.78 is 0. The van der Waals surface area contributed by atoms with Gasteiger partial charge in [0.05, 0.1) is 26.7 Å². The van der Waals surface area contributed by atoms with Crippen LogP contribution < -0.4 is 17.3 Å². The summed E-state index contributed by atoms with van der Waals surface area (Å²) in [6.45, 7) is 2.88. The fourth-order valence-electron chi connectivity index (χ4n) is 0.498. The van der Waals surface area contributed by atoms with Gasteiger partial charge in [0.1, 0.15) is 0 Å². The zero-order chi connectivity index (χ0) is 6.57. The average molecular weight is 154 g/mol. The minimum atomic E-state index is -0.134. The third-order valence-electron chi connectivity index (χ3n) is 1.06. The summed E-state index contributed by atoms with van der Waals surface area (Å²) in [6, 6.07) is 0. The van der Waals surface area contributed by atoms with Gasteiger partial charge >= 0.3 is 0 Å². The summed E-state index contributed by atoms with van der Waals surface area (Å²) in [7, 11) is 4.17. The number of hydrogen-bond donors (Lipinski definition) is 2. The molecular formula is C6H16ClNO. The highest BCUT2D eigenvalue weighted by atomic mass is 35.5. The van der Waals surface area contributed by atoms with Gasteiger partial charge in [-0.15, -0.1) is 0 Å². The van der Waals surface area contributed by atoms with Crippen LogP contribution in [0.1, 0.15) is 13.3 Å². The van der Waals surface area contributed by atoms with E-state index in [1.165, 1.54) is 4.90 Å². The lowest BCUT2D eigenvalue weighted by Crippen LogP contribution is -3.05. The molecule has 0 amide bonds. The molecule has 2 nitrogen and oxygen atoms in total. The lowest BCUT2D eigenvalue weighted by molar-refractivity contribution is -0.858. The van der Waals surface area contributed by atoms with Gasteiger partial charge in [0.15, 0.2) is 0 Å². The number of aliphatic hydroxyl groups excluding tert-OH is 1. The van der Waals surface area contributed by atoms with E-state index in [1.807, 2.05) is 6.92 Å². The molecule has 0 aliphatic heterocycles. The molecule has 0 spiro atoms. The Bertz CT molecular complexity index is 49.0. The van der Waals surface area contributed by atoms with Gasteiger partial charge in [-0.2, -0.15) is 0 Å². The number of halogens is 1. The van der Waals surface area contributed by atoms with E-state index in [4.69, 9.17) is 5.11 Å². The third-order valence-corrected chi connectivity index (χ3v) is 1.06. The molecule has 2 N–H and O–H groups in total. The molecule has 0 fully saturated rings. The minimum absolute atomic E-state index is 0. The minimum Gasteiger partial charge on any atom is -1.00 e. The highest BCUT2D eigenvalue weighted by Crippen LogP contribution is 1.81. The zero-order valence-electron chi connectivity index (χ0n) is 6.32. The van der Waals surface area contributed by atoms with Crippen molar-refractivity contribution in [2.75, 3.05) is 20.6 Å². The molecule has 0 radical (unpaired) electrons. The van der Waals surface area contributed by atoms with E-state index < -0.39 is 0 Å². The first-order chi connectivity index (χ1) is 3.63. The van der Waals surface area contributed by atoms with Crippen LogP contribution in [-0.2, 0) is 0 Å². The van der Waals surface area contributed by atoms with Crippen molar-refractivity contribution in [2.24, 2.45) is 0 Å². The van der Waals surface area contributed by atoms with E-state index in [0.717, 1.165) is 13.0 Å². The number of quaternary nitrogens is 1. The predicted octanol–water partition coefficient (Wildman–Crippen LogP) is -4.09. The van der Waals surface area contributed by atoms with Crippen molar-refractivity contribution in [3.63, 3.8) is 0 Å². The molecule has 3 heteroatoms. The predicted molar refractivity (Wildman–Crippen MR) is 34.0 cm³/mol. The molecule has 0 aliphatic carbocycles. The third kappa shape index (κ3) is 11.7. The summed E-state index contributed by atoms with van der Waals surface area (Å²) in [5, 5.41) is 8.79. The Balaban J connectivity index is 0. The van der Waals surface area contributed by atoms with Crippen LogP contribution in [-0.4, -0.2) is 31.9 Å². The summed E-state index contributed by atoms with van der Waals surface area (Å²) >= 11 is 0. The second-order valence-electron chi connectivity index (χ2n) is 2.59. The quantitative estimate of drug-likeness (QED) is 0.424. The number of aliphatic hydroxyl groups is 1. The Kier molecular flexibility index (Phi) is 8.40.